The molecule has 0 spiro atoms. The standard InChI is InChI=1S/C23H46N8/c1-4-25-9-7-10-26-12-15-30-17-18-31(23-22(30)19-21(24)20-28-23)16-13-27-11-8-14-29(5-2)6-3/h19-20,25-27H,4-18,24H2,1-3H3. The van der Waals surface area contributed by atoms with Crippen LogP contribution in [-0.4, -0.2) is 95.0 Å². The fourth-order valence-corrected chi connectivity index (χ4v) is 4.02. The van der Waals surface area contributed by atoms with Crippen LogP contribution in [0.5, 0.6) is 0 Å². The van der Waals surface area contributed by atoms with Gasteiger partial charge >= 0.3 is 0 Å². The summed E-state index contributed by atoms with van der Waals surface area (Å²) in [6, 6.07) is 2.08. The van der Waals surface area contributed by atoms with Gasteiger partial charge in [0.1, 0.15) is 0 Å². The molecule has 2 rings (SSSR count). The molecule has 0 atom stereocenters. The van der Waals surface area contributed by atoms with Crippen LogP contribution in [0.3, 0.4) is 0 Å². The van der Waals surface area contributed by atoms with Crippen LogP contribution in [0, 0.1) is 0 Å². The summed E-state index contributed by atoms with van der Waals surface area (Å²) in [6.07, 6.45) is 4.14. The van der Waals surface area contributed by atoms with E-state index in [2.05, 4.69) is 62.5 Å². The zero-order chi connectivity index (χ0) is 22.3. The summed E-state index contributed by atoms with van der Waals surface area (Å²) in [7, 11) is 0. The number of nitrogens with zero attached hydrogens (tertiary/aromatic N) is 4. The Labute approximate surface area is 189 Å². The molecule has 178 valence electrons. The number of rotatable bonds is 17. The van der Waals surface area contributed by atoms with Crippen molar-refractivity contribution >= 4 is 17.2 Å². The number of aromatic nitrogens is 1. The first-order chi connectivity index (χ1) is 15.2. The smallest absolute Gasteiger partial charge is 0.152 e. The third-order valence-corrected chi connectivity index (χ3v) is 5.94. The summed E-state index contributed by atoms with van der Waals surface area (Å²) in [6.45, 7) is 20.2. The van der Waals surface area contributed by atoms with Crippen LogP contribution in [0.1, 0.15) is 33.6 Å². The van der Waals surface area contributed by atoms with Crippen LogP contribution in [0.4, 0.5) is 17.2 Å². The topological polar surface area (TPSA) is 84.7 Å². The lowest BCUT2D eigenvalue weighted by atomic mass is 10.2. The van der Waals surface area contributed by atoms with Crippen LogP contribution in [-0.2, 0) is 0 Å². The molecule has 0 saturated carbocycles. The molecular weight excluding hydrogens is 388 g/mol. The van der Waals surface area contributed by atoms with Crippen LogP contribution >= 0.6 is 0 Å². The number of nitrogens with one attached hydrogen (secondary N) is 3. The molecule has 1 aliphatic rings. The average molecular weight is 435 g/mol. The molecule has 0 radical (unpaired) electrons. The van der Waals surface area contributed by atoms with Crippen molar-refractivity contribution in [2.24, 2.45) is 0 Å². The fourth-order valence-electron chi connectivity index (χ4n) is 4.02. The van der Waals surface area contributed by atoms with Crippen LogP contribution in [0.25, 0.3) is 0 Å². The zero-order valence-corrected chi connectivity index (χ0v) is 20.1. The molecule has 1 aromatic heterocycles. The lowest BCUT2D eigenvalue weighted by Gasteiger charge is -2.38. The predicted molar refractivity (Wildman–Crippen MR) is 134 cm³/mol. The average Bonchev–Trinajstić information content (AvgIpc) is 2.78. The Morgan fingerprint density at radius 1 is 0.903 bits per heavy atom. The van der Waals surface area contributed by atoms with Gasteiger partial charge in [0.25, 0.3) is 0 Å². The minimum Gasteiger partial charge on any atom is -0.397 e. The third kappa shape index (κ3) is 9.19. The Morgan fingerprint density at radius 2 is 1.55 bits per heavy atom. The second-order valence-corrected chi connectivity index (χ2v) is 8.17. The summed E-state index contributed by atoms with van der Waals surface area (Å²) >= 11 is 0. The minimum absolute atomic E-state index is 0.735. The molecule has 5 N–H and O–H groups in total. The molecule has 8 heteroatoms. The molecule has 1 aromatic rings. The van der Waals surface area contributed by atoms with Gasteiger partial charge in [0, 0.05) is 39.3 Å². The van der Waals surface area contributed by atoms with E-state index in [1.165, 1.54) is 18.7 Å². The van der Waals surface area contributed by atoms with Gasteiger partial charge in [0.15, 0.2) is 5.82 Å². The molecule has 0 unspecified atom stereocenters. The van der Waals surface area contributed by atoms with Gasteiger partial charge in [-0.05, 0) is 64.7 Å². The molecule has 1 aliphatic heterocycles. The lowest BCUT2D eigenvalue weighted by Crippen LogP contribution is -2.46. The van der Waals surface area contributed by atoms with Crippen molar-refractivity contribution in [1.29, 1.82) is 0 Å². The van der Waals surface area contributed by atoms with Crippen molar-refractivity contribution in [2.45, 2.75) is 33.6 Å². The van der Waals surface area contributed by atoms with Crippen molar-refractivity contribution in [3.05, 3.63) is 12.3 Å². The molecule has 0 aliphatic carbocycles. The Morgan fingerprint density at radius 3 is 2.26 bits per heavy atom. The largest absolute Gasteiger partial charge is 0.397 e. The number of pyridine rings is 1. The number of anilines is 3. The van der Waals surface area contributed by atoms with Crippen molar-refractivity contribution in [2.75, 3.05) is 101 Å². The van der Waals surface area contributed by atoms with Crippen molar-refractivity contribution < 1.29 is 0 Å². The molecule has 0 saturated heterocycles. The normalized spacial score (nSPS) is 13.8. The Hall–Kier alpha value is -1.61. The quantitative estimate of drug-likeness (QED) is 0.272. The van der Waals surface area contributed by atoms with Gasteiger partial charge in [-0.3, -0.25) is 0 Å². The number of fused-ring (bicyclic) bond motifs is 1. The Kier molecular flexibility index (Phi) is 12.6. The maximum absolute atomic E-state index is 6.07. The van der Waals surface area contributed by atoms with Crippen LogP contribution in [0.15, 0.2) is 12.3 Å². The van der Waals surface area contributed by atoms with Crippen molar-refractivity contribution in [3.8, 4) is 0 Å². The van der Waals surface area contributed by atoms with E-state index in [-0.39, 0.29) is 0 Å². The first-order valence-electron chi connectivity index (χ1n) is 12.3. The zero-order valence-electron chi connectivity index (χ0n) is 20.1. The molecule has 8 nitrogen and oxygen atoms in total. The number of hydrogen-bond acceptors (Lipinski definition) is 8. The monoisotopic (exact) mass is 434 g/mol. The predicted octanol–water partition coefficient (Wildman–Crippen LogP) is 1.20. The first-order valence-corrected chi connectivity index (χ1v) is 12.3. The SMILES string of the molecule is CCNCCCNCCN1CCN(CCNCCCN(CC)CC)c2ncc(N)cc21. The van der Waals surface area contributed by atoms with Gasteiger partial charge in [-0.15, -0.1) is 0 Å². The van der Waals surface area contributed by atoms with Crippen molar-refractivity contribution in [3.63, 3.8) is 0 Å². The third-order valence-electron chi connectivity index (χ3n) is 5.94. The molecular formula is C23H46N8. The Bertz CT molecular complexity index is 593. The number of nitrogens with two attached hydrogens (primary N) is 1. The second-order valence-electron chi connectivity index (χ2n) is 8.17. The van der Waals surface area contributed by atoms with E-state index in [1.54, 1.807) is 6.20 Å². The fraction of sp³-hybridized carbons (Fsp3) is 0.783. The summed E-state index contributed by atoms with van der Waals surface area (Å²) in [5, 5.41) is 10.5. The maximum Gasteiger partial charge on any atom is 0.152 e. The van der Waals surface area contributed by atoms with Gasteiger partial charge < -0.3 is 36.4 Å². The van der Waals surface area contributed by atoms with Gasteiger partial charge in [-0.1, -0.05) is 20.8 Å². The Balaban J connectivity index is 1.75. The van der Waals surface area contributed by atoms with Gasteiger partial charge in [0.2, 0.25) is 0 Å². The highest BCUT2D eigenvalue weighted by atomic mass is 15.3. The lowest BCUT2D eigenvalue weighted by molar-refractivity contribution is 0.298. The van der Waals surface area contributed by atoms with E-state index in [4.69, 9.17) is 5.73 Å². The van der Waals surface area contributed by atoms with E-state index in [1.807, 2.05) is 0 Å². The van der Waals surface area contributed by atoms with E-state index < -0.39 is 0 Å². The molecule has 2 heterocycles. The van der Waals surface area contributed by atoms with Gasteiger partial charge in [-0.25, -0.2) is 4.98 Å². The van der Waals surface area contributed by atoms with E-state index in [0.717, 1.165) is 96.5 Å². The van der Waals surface area contributed by atoms with E-state index in [0.29, 0.717) is 0 Å². The number of nitrogen functional groups attached to an aromatic ring is 1. The second kappa shape index (κ2) is 15.2. The van der Waals surface area contributed by atoms with Gasteiger partial charge in [-0.2, -0.15) is 0 Å². The highest BCUT2D eigenvalue weighted by Crippen LogP contribution is 2.31. The number of hydrogen-bond donors (Lipinski definition) is 4. The summed E-state index contributed by atoms with van der Waals surface area (Å²) in [4.78, 5) is 12.0. The summed E-state index contributed by atoms with van der Waals surface area (Å²) in [5.74, 6) is 1.07. The molecule has 0 fully saturated rings. The molecule has 31 heavy (non-hydrogen) atoms. The first kappa shape index (κ1) is 25.6. The van der Waals surface area contributed by atoms with Crippen molar-refractivity contribution in [1.82, 2.24) is 25.8 Å². The van der Waals surface area contributed by atoms with Crippen LogP contribution < -0.4 is 31.5 Å². The van der Waals surface area contributed by atoms with Crippen LogP contribution in [0.2, 0.25) is 0 Å². The van der Waals surface area contributed by atoms with Gasteiger partial charge in [0.05, 0.1) is 17.6 Å². The summed E-state index contributed by atoms with van der Waals surface area (Å²) in [5.41, 5.74) is 7.97. The molecule has 0 aromatic carbocycles. The maximum atomic E-state index is 6.07. The molecule has 0 bridgehead atoms. The van der Waals surface area contributed by atoms with E-state index >= 15 is 0 Å². The summed E-state index contributed by atoms with van der Waals surface area (Å²) < 4.78 is 0. The highest BCUT2D eigenvalue weighted by Gasteiger charge is 2.23. The molecule has 0 amide bonds. The minimum atomic E-state index is 0.735. The van der Waals surface area contributed by atoms with E-state index in [9.17, 15) is 0 Å². The highest BCUT2D eigenvalue weighted by molar-refractivity contribution is 5.72.